The van der Waals surface area contributed by atoms with E-state index in [9.17, 15) is 9.90 Å². The predicted molar refractivity (Wildman–Crippen MR) is 103 cm³/mol. The van der Waals surface area contributed by atoms with E-state index in [1.54, 1.807) is 7.11 Å². The van der Waals surface area contributed by atoms with E-state index < -0.39 is 0 Å². The summed E-state index contributed by atoms with van der Waals surface area (Å²) in [6, 6.07) is 13.9. The number of aliphatic hydroxyl groups excluding tert-OH is 1. The van der Waals surface area contributed by atoms with Gasteiger partial charge in [0.25, 0.3) is 5.91 Å². The highest BCUT2D eigenvalue weighted by Crippen LogP contribution is 2.28. The van der Waals surface area contributed by atoms with E-state index in [4.69, 9.17) is 4.74 Å². The topological polar surface area (TPSA) is 49.8 Å². The average Bonchev–Trinajstić information content (AvgIpc) is 3.15. The Morgan fingerprint density at radius 2 is 1.92 bits per heavy atom. The van der Waals surface area contributed by atoms with Crippen LogP contribution >= 0.6 is 0 Å². The van der Waals surface area contributed by atoms with Crippen molar-refractivity contribution in [2.45, 2.75) is 45.3 Å². The molecule has 4 heteroatoms. The van der Waals surface area contributed by atoms with Gasteiger partial charge in [-0.05, 0) is 54.7 Å². The molecular formula is C22H27NO3. The van der Waals surface area contributed by atoms with Gasteiger partial charge in [-0.25, -0.2) is 0 Å². The van der Waals surface area contributed by atoms with E-state index in [0.29, 0.717) is 11.8 Å². The number of ether oxygens (including phenoxy) is 1. The van der Waals surface area contributed by atoms with Gasteiger partial charge in [0, 0.05) is 23.7 Å². The molecule has 1 N–H and O–H groups in total. The number of hydrogen-bond donors (Lipinski definition) is 1. The van der Waals surface area contributed by atoms with Gasteiger partial charge in [0.1, 0.15) is 5.75 Å². The van der Waals surface area contributed by atoms with Gasteiger partial charge in [0.05, 0.1) is 13.7 Å². The number of hydrogen-bond acceptors (Lipinski definition) is 3. The Bertz CT molecular complexity index is 754. The maximum Gasteiger partial charge on any atom is 0.254 e. The zero-order chi connectivity index (χ0) is 18.5. The van der Waals surface area contributed by atoms with Crippen LogP contribution in [-0.2, 0) is 6.61 Å². The fraction of sp³-hybridized carbons (Fsp3) is 0.409. The fourth-order valence-corrected chi connectivity index (χ4v) is 3.79. The molecule has 0 unspecified atom stereocenters. The number of rotatable bonds is 6. The molecule has 0 bridgehead atoms. The summed E-state index contributed by atoms with van der Waals surface area (Å²) in [5.41, 5.74) is 3.52. The summed E-state index contributed by atoms with van der Waals surface area (Å²) in [5, 5.41) is 9.50. The molecule has 1 aliphatic rings. The molecule has 26 heavy (non-hydrogen) atoms. The smallest absolute Gasteiger partial charge is 0.254 e. The van der Waals surface area contributed by atoms with Crippen molar-refractivity contribution in [1.29, 1.82) is 0 Å². The zero-order valence-electron chi connectivity index (χ0n) is 15.6. The minimum Gasteiger partial charge on any atom is -0.496 e. The van der Waals surface area contributed by atoms with E-state index in [0.717, 1.165) is 54.5 Å². The van der Waals surface area contributed by atoms with E-state index in [2.05, 4.69) is 6.92 Å². The summed E-state index contributed by atoms with van der Waals surface area (Å²) in [7, 11) is 1.60. The Hall–Kier alpha value is -2.33. The first-order valence-electron chi connectivity index (χ1n) is 9.37. The number of amides is 1. The molecule has 2 aromatic rings. The standard InChI is InChI=1S/C22H27NO3/c1-3-5-20-6-4-13-23(20)22(25)17-9-7-16(8-10-17)18-11-12-21(26-2)19(14-18)15-24/h7-12,14,20,24H,3-6,13,15H2,1-2H3/t20-/m0/s1. The van der Waals surface area contributed by atoms with E-state index in [1.165, 1.54) is 0 Å². The maximum atomic E-state index is 12.8. The van der Waals surface area contributed by atoms with Gasteiger partial charge in [-0.1, -0.05) is 31.5 Å². The average molecular weight is 353 g/mol. The van der Waals surface area contributed by atoms with E-state index in [1.807, 2.05) is 47.4 Å². The first-order chi connectivity index (χ1) is 12.7. The molecule has 0 aliphatic carbocycles. The molecule has 3 rings (SSSR count). The molecule has 138 valence electrons. The minimum atomic E-state index is -0.0681. The molecule has 0 spiro atoms. The van der Waals surface area contributed by atoms with Crippen LogP contribution < -0.4 is 4.74 Å². The summed E-state index contributed by atoms with van der Waals surface area (Å²) >= 11 is 0. The summed E-state index contributed by atoms with van der Waals surface area (Å²) in [6.45, 7) is 2.97. The highest BCUT2D eigenvalue weighted by atomic mass is 16.5. The third-order valence-corrected chi connectivity index (χ3v) is 5.18. The molecule has 0 aromatic heterocycles. The second-order valence-electron chi connectivity index (χ2n) is 6.85. The number of methoxy groups -OCH3 is 1. The fourth-order valence-electron chi connectivity index (χ4n) is 3.79. The Kier molecular flexibility index (Phi) is 5.94. The highest BCUT2D eigenvalue weighted by molar-refractivity contribution is 5.95. The van der Waals surface area contributed by atoms with Crippen LogP contribution in [0.2, 0.25) is 0 Å². The summed E-state index contributed by atoms with van der Waals surface area (Å²) in [6.07, 6.45) is 4.41. The predicted octanol–water partition coefficient (Wildman–Crippen LogP) is 4.26. The number of aliphatic hydroxyl groups is 1. The molecule has 1 saturated heterocycles. The van der Waals surface area contributed by atoms with Crippen molar-refractivity contribution in [2.75, 3.05) is 13.7 Å². The van der Waals surface area contributed by atoms with Crippen molar-refractivity contribution >= 4 is 5.91 Å². The Labute approximate surface area is 155 Å². The van der Waals surface area contributed by atoms with Gasteiger partial charge in [-0.3, -0.25) is 4.79 Å². The molecule has 0 saturated carbocycles. The van der Waals surface area contributed by atoms with Gasteiger partial charge in [-0.15, -0.1) is 0 Å². The summed E-state index contributed by atoms with van der Waals surface area (Å²) in [5.74, 6) is 0.817. The molecule has 2 aromatic carbocycles. The van der Waals surface area contributed by atoms with Crippen LogP contribution in [-0.4, -0.2) is 35.6 Å². The summed E-state index contributed by atoms with van der Waals surface area (Å²) in [4.78, 5) is 14.9. The third-order valence-electron chi connectivity index (χ3n) is 5.18. The van der Waals surface area contributed by atoms with E-state index >= 15 is 0 Å². The zero-order valence-corrected chi connectivity index (χ0v) is 15.6. The monoisotopic (exact) mass is 353 g/mol. The van der Waals surface area contributed by atoms with Crippen LogP contribution in [0, 0.1) is 0 Å². The molecule has 1 aliphatic heterocycles. The third kappa shape index (κ3) is 3.75. The molecule has 1 atom stereocenters. The molecule has 1 fully saturated rings. The van der Waals surface area contributed by atoms with Crippen LogP contribution in [0.1, 0.15) is 48.5 Å². The normalized spacial score (nSPS) is 16.7. The molecule has 1 heterocycles. The number of nitrogens with zero attached hydrogens (tertiary/aromatic N) is 1. The van der Waals surface area contributed by atoms with Crippen LogP contribution in [0.15, 0.2) is 42.5 Å². The first kappa shape index (κ1) is 18.5. The lowest BCUT2D eigenvalue weighted by Gasteiger charge is -2.24. The maximum absolute atomic E-state index is 12.8. The highest BCUT2D eigenvalue weighted by Gasteiger charge is 2.28. The second kappa shape index (κ2) is 8.37. The second-order valence-corrected chi connectivity index (χ2v) is 6.85. The lowest BCUT2D eigenvalue weighted by atomic mass is 10.0. The molecular weight excluding hydrogens is 326 g/mol. The van der Waals surface area contributed by atoms with Crippen molar-refractivity contribution in [3.8, 4) is 16.9 Å². The lowest BCUT2D eigenvalue weighted by molar-refractivity contribution is 0.0730. The van der Waals surface area contributed by atoms with Gasteiger partial charge in [-0.2, -0.15) is 0 Å². The van der Waals surface area contributed by atoms with Gasteiger partial charge < -0.3 is 14.7 Å². The Morgan fingerprint density at radius 1 is 1.19 bits per heavy atom. The number of carbonyl (C=O) groups excluding carboxylic acids is 1. The molecule has 0 radical (unpaired) electrons. The Balaban J connectivity index is 1.79. The lowest BCUT2D eigenvalue weighted by Crippen LogP contribution is -2.35. The van der Waals surface area contributed by atoms with Crippen molar-refractivity contribution in [3.05, 3.63) is 53.6 Å². The van der Waals surface area contributed by atoms with Crippen LogP contribution in [0.4, 0.5) is 0 Å². The van der Waals surface area contributed by atoms with Crippen molar-refractivity contribution in [2.24, 2.45) is 0 Å². The van der Waals surface area contributed by atoms with Crippen LogP contribution in [0.3, 0.4) is 0 Å². The first-order valence-corrected chi connectivity index (χ1v) is 9.37. The van der Waals surface area contributed by atoms with Gasteiger partial charge >= 0.3 is 0 Å². The van der Waals surface area contributed by atoms with Crippen molar-refractivity contribution < 1.29 is 14.6 Å². The SMILES string of the molecule is CCC[C@H]1CCCN1C(=O)c1ccc(-c2ccc(OC)c(CO)c2)cc1. The minimum absolute atomic E-state index is 0.0681. The van der Waals surface area contributed by atoms with Gasteiger partial charge in [0.2, 0.25) is 0 Å². The number of carbonyl (C=O) groups is 1. The largest absolute Gasteiger partial charge is 0.496 e. The van der Waals surface area contributed by atoms with Gasteiger partial charge in [0.15, 0.2) is 0 Å². The number of benzene rings is 2. The van der Waals surface area contributed by atoms with Crippen molar-refractivity contribution in [1.82, 2.24) is 4.90 Å². The van der Waals surface area contributed by atoms with Crippen LogP contribution in [0.25, 0.3) is 11.1 Å². The Morgan fingerprint density at radius 3 is 2.58 bits per heavy atom. The molecule has 4 nitrogen and oxygen atoms in total. The van der Waals surface area contributed by atoms with Crippen molar-refractivity contribution in [3.63, 3.8) is 0 Å². The summed E-state index contributed by atoms with van der Waals surface area (Å²) < 4.78 is 5.25. The van der Waals surface area contributed by atoms with E-state index in [-0.39, 0.29) is 12.5 Å². The van der Waals surface area contributed by atoms with Crippen LogP contribution in [0.5, 0.6) is 5.75 Å². The quantitative estimate of drug-likeness (QED) is 0.844. The number of likely N-dealkylation sites (tertiary alicyclic amines) is 1. The molecule has 1 amide bonds.